The van der Waals surface area contributed by atoms with Gasteiger partial charge in [-0.1, -0.05) is 19.8 Å². The fraction of sp³-hybridized carbons (Fsp3) is 0.846. The molecule has 2 fully saturated rings. The number of nitrogens with zero attached hydrogens (tertiary/aromatic N) is 2. The smallest absolute Gasteiger partial charge is 0.202 e. The molecule has 1 aromatic heterocycles. The molecule has 0 aromatic carbocycles. The van der Waals surface area contributed by atoms with Crippen LogP contribution in [-0.2, 0) is 0 Å². The molecular weight excluding hydrogens is 230 g/mol. The first kappa shape index (κ1) is 11.5. The highest BCUT2D eigenvalue weighted by molar-refractivity contribution is 7.09. The van der Waals surface area contributed by atoms with Crippen LogP contribution in [0.4, 0.5) is 5.13 Å². The van der Waals surface area contributed by atoms with Gasteiger partial charge in [-0.05, 0) is 37.5 Å². The van der Waals surface area contributed by atoms with E-state index in [0.29, 0.717) is 11.3 Å². The molecule has 1 heterocycles. The topological polar surface area (TPSA) is 37.8 Å². The van der Waals surface area contributed by atoms with Crippen LogP contribution < -0.4 is 5.32 Å². The summed E-state index contributed by atoms with van der Waals surface area (Å²) in [6, 6.07) is 0. The van der Waals surface area contributed by atoms with E-state index in [0.717, 1.165) is 17.5 Å². The third kappa shape index (κ3) is 2.46. The van der Waals surface area contributed by atoms with Gasteiger partial charge in [-0.2, -0.15) is 4.37 Å². The molecule has 0 radical (unpaired) electrons. The van der Waals surface area contributed by atoms with Gasteiger partial charge in [0.15, 0.2) is 0 Å². The van der Waals surface area contributed by atoms with Gasteiger partial charge in [0, 0.05) is 24.0 Å². The summed E-state index contributed by atoms with van der Waals surface area (Å²) in [5.41, 5.74) is 0.533. The van der Waals surface area contributed by atoms with E-state index in [2.05, 4.69) is 21.6 Å². The SMILES string of the molecule is CCC1(CNc2nc(C3CC3)ns2)CCCC1. The molecule has 1 aromatic rings. The van der Waals surface area contributed by atoms with Gasteiger partial charge in [-0.3, -0.25) is 0 Å². The summed E-state index contributed by atoms with van der Waals surface area (Å²) in [4.78, 5) is 4.59. The predicted molar refractivity (Wildman–Crippen MR) is 71.6 cm³/mol. The quantitative estimate of drug-likeness (QED) is 0.865. The van der Waals surface area contributed by atoms with Gasteiger partial charge in [0.05, 0.1) is 0 Å². The standard InChI is InChI=1S/C13H21N3S/c1-2-13(7-3-4-8-13)9-14-12-15-11(16-17-12)10-5-6-10/h10H,2-9H2,1H3,(H,14,15,16). The van der Waals surface area contributed by atoms with Crippen molar-refractivity contribution in [3.05, 3.63) is 5.82 Å². The van der Waals surface area contributed by atoms with Crippen LogP contribution in [0.5, 0.6) is 0 Å². The number of aromatic nitrogens is 2. The van der Waals surface area contributed by atoms with E-state index >= 15 is 0 Å². The lowest BCUT2D eigenvalue weighted by molar-refractivity contribution is 0.307. The Kier molecular flexibility index (Phi) is 3.07. The Bertz CT molecular complexity index is 378. The highest BCUT2D eigenvalue weighted by Gasteiger charge is 2.32. The first-order chi connectivity index (χ1) is 8.31. The highest BCUT2D eigenvalue weighted by atomic mass is 32.1. The number of hydrogen-bond acceptors (Lipinski definition) is 4. The minimum Gasteiger partial charge on any atom is -0.360 e. The number of hydrogen-bond donors (Lipinski definition) is 1. The zero-order valence-electron chi connectivity index (χ0n) is 10.5. The van der Waals surface area contributed by atoms with Gasteiger partial charge < -0.3 is 5.32 Å². The van der Waals surface area contributed by atoms with Gasteiger partial charge in [0.1, 0.15) is 5.82 Å². The Hall–Kier alpha value is -0.640. The van der Waals surface area contributed by atoms with Crippen molar-refractivity contribution < 1.29 is 0 Å². The van der Waals surface area contributed by atoms with E-state index in [4.69, 9.17) is 0 Å². The maximum atomic E-state index is 4.59. The minimum absolute atomic E-state index is 0.533. The van der Waals surface area contributed by atoms with Crippen molar-refractivity contribution in [3.8, 4) is 0 Å². The fourth-order valence-electron chi connectivity index (χ4n) is 2.86. The Labute approximate surface area is 107 Å². The summed E-state index contributed by atoms with van der Waals surface area (Å²) in [5.74, 6) is 1.75. The largest absolute Gasteiger partial charge is 0.360 e. The van der Waals surface area contributed by atoms with Gasteiger partial charge in [0.2, 0.25) is 5.13 Å². The monoisotopic (exact) mass is 251 g/mol. The first-order valence-electron chi connectivity index (χ1n) is 6.89. The van der Waals surface area contributed by atoms with Crippen molar-refractivity contribution in [2.24, 2.45) is 5.41 Å². The summed E-state index contributed by atoms with van der Waals surface area (Å²) >= 11 is 1.54. The van der Waals surface area contributed by atoms with Crippen LogP contribution in [0.3, 0.4) is 0 Å². The van der Waals surface area contributed by atoms with Gasteiger partial charge in [-0.25, -0.2) is 4.98 Å². The average molecular weight is 251 g/mol. The zero-order valence-corrected chi connectivity index (χ0v) is 11.4. The summed E-state index contributed by atoms with van der Waals surface area (Å²) < 4.78 is 4.44. The molecule has 17 heavy (non-hydrogen) atoms. The summed E-state index contributed by atoms with van der Waals surface area (Å²) in [5, 5.41) is 4.56. The molecule has 3 rings (SSSR count). The second-order valence-electron chi connectivity index (χ2n) is 5.65. The molecule has 0 atom stereocenters. The number of rotatable bonds is 5. The lowest BCUT2D eigenvalue weighted by atomic mass is 9.83. The highest BCUT2D eigenvalue weighted by Crippen LogP contribution is 2.42. The van der Waals surface area contributed by atoms with E-state index in [1.54, 1.807) is 0 Å². The van der Waals surface area contributed by atoms with Crippen molar-refractivity contribution >= 4 is 16.7 Å². The molecule has 1 N–H and O–H groups in total. The van der Waals surface area contributed by atoms with E-state index in [9.17, 15) is 0 Å². The molecule has 3 nitrogen and oxygen atoms in total. The minimum atomic E-state index is 0.533. The molecule has 0 amide bonds. The van der Waals surface area contributed by atoms with Crippen LogP contribution in [0.25, 0.3) is 0 Å². The van der Waals surface area contributed by atoms with E-state index in [1.807, 2.05) is 0 Å². The molecule has 0 bridgehead atoms. The van der Waals surface area contributed by atoms with Gasteiger partial charge >= 0.3 is 0 Å². The van der Waals surface area contributed by atoms with E-state index in [1.165, 1.54) is 56.5 Å². The summed E-state index contributed by atoms with van der Waals surface area (Å²) in [6.07, 6.45) is 9.42. The van der Waals surface area contributed by atoms with Crippen LogP contribution in [0.1, 0.15) is 63.6 Å². The molecule has 0 spiro atoms. The van der Waals surface area contributed by atoms with Crippen LogP contribution >= 0.6 is 11.5 Å². The second-order valence-corrected chi connectivity index (χ2v) is 6.40. The van der Waals surface area contributed by atoms with Crippen molar-refractivity contribution in [2.45, 2.75) is 57.8 Å². The van der Waals surface area contributed by atoms with Gasteiger partial charge in [-0.15, -0.1) is 0 Å². The fourth-order valence-corrected chi connectivity index (χ4v) is 3.50. The summed E-state index contributed by atoms with van der Waals surface area (Å²) in [6.45, 7) is 3.41. The molecular formula is C13H21N3S. The van der Waals surface area contributed by atoms with Crippen LogP contribution in [0, 0.1) is 5.41 Å². The molecule has 4 heteroatoms. The number of anilines is 1. The Balaban J connectivity index is 1.58. The van der Waals surface area contributed by atoms with E-state index < -0.39 is 0 Å². The average Bonchev–Trinajstić information content (AvgIpc) is 2.94. The van der Waals surface area contributed by atoms with Crippen molar-refractivity contribution in [2.75, 3.05) is 11.9 Å². The normalized spacial score (nSPS) is 22.9. The molecule has 0 saturated heterocycles. The Morgan fingerprint density at radius 3 is 2.76 bits per heavy atom. The lowest BCUT2D eigenvalue weighted by Crippen LogP contribution is -2.25. The summed E-state index contributed by atoms with van der Waals surface area (Å²) in [7, 11) is 0. The van der Waals surface area contributed by atoms with E-state index in [-0.39, 0.29) is 0 Å². The van der Waals surface area contributed by atoms with Crippen molar-refractivity contribution in [3.63, 3.8) is 0 Å². The van der Waals surface area contributed by atoms with Crippen molar-refractivity contribution in [1.29, 1.82) is 0 Å². The first-order valence-corrected chi connectivity index (χ1v) is 7.66. The van der Waals surface area contributed by atoms with Crippen LogP contribution in [0.15, 0.2) is 0 Å². The third-order valence-electron chi connectivity index (χ3n) is 4.41. The van der Waals surface area contributed by atoms with Gasteiger partial charge in [0.25, 0.3) is 0 Å². The third-order valence-corrected chi connectivity index (χ3v) is 5.10. The predicted octanol–water partition coefficient (Wildman–Crippen LogP) is 3.80. The molecule has 0 unspecified atom stereocenters. The molecule has 0 aliphatic heterocycles. The Morgan fingerprint density at radius 1 is 1.35 bits per heavy atom. The maximum absolute atomic E-state index is 4.59. The van der Waals surface area contributed by atoms with Crippen LogP contribution in [0.2, 0.25) is 0 Å². The molecule has 2 aliphatic carbocycles. The molecule has 94 valence electrons. The van der Waals surface area contributed by atoms with Crippen LogP contribution in [-0.4, -0.2) is 15.9 Å². The molecule has 2 saturated carbocycles. The zero-order chi connectivity index (χ0) is 11.7. The maximum Gasteiger partial charge on any atom is 0.202 e. The number of nitrogens with one attached hydrogen (secondary N) is 1. The van der Waals surface area contributed by atoms with Crippen molar-refractivity contribution in [1.82, 2.24) is 9.36 Å². The second kappa shape index (κ2) is 4.56. The molecule has 2 aliphatic rings. The Morgan fingerprint density at radius 2 is 2.12 bits per heavy atom. The lowest BCUT2D eigenvalue weighted by Gasteiger charge is -2.27.